The van der Waals surface area contributed by atoms with Crippen molar-refractivity contribution < 1.29 is 4.79 Å². The molecule has 0 aliphatic carbocycles. The third-order valence-corrected chi connectivity index (χ3v) is 4.15. The Morgan fingerprint density at radius 3 is 2.72 bits per heavy atom. The highest BCUT2D eigenvalue weighted by Gasteiger charge is 2.09. The molecular formula is C14H14BrNOS. The van der Waals surface area contributed by atoms with Gasteiger partial charge in [0.25, 0.3) is 5.91 Å². The number of amides is 1. The van der Waals surface area contributed by atoms with Crippen LogP contribution in [-0.2, 0) is 0 Å². The zero-order chi connectivity index (χ0) is 13.1. The Hall–Kier alpha value is -1.13. The van der Waals surface area contributed by atoms with Crippen LogP contribution >= 0.6 is 27.3 Å². The van der Waals surface area contributed by atoms with Crippen LogP contribution in [0.3, 0.4) is 0 Å². The lowest BCUT2D eigenvalue weighted by Crippen LogP contribution is -2.10. The van der Waals surface area contributed by atoms with E-state index in [1.807, 2.05) is 29.6 Å². The second-order valence-corrected chi connectivity index (χ2v) is 6.66. The van der Waals surface area contributed by atoms with Crippen molar-refractivity contribution in [3.63, 3.8) is 0 Å². The van der Waals surface area contributed by atoms with E-state index in [1.54, 1.807) is 0 Å². The quantitative estimate of drug-likeness (QED) is 0.856. The number of rotatable bonds is 3. The second-order valence-electron chi connectivity index (χ2n) is 4.37. The van der Waals surface area contributed by atoms with Crippen molar-refractivity contribution in [2.75, 3.05) is 5.32 Å². The first-order chi connectivity index (χ1) is 8.56. The van der Waals surface area contributed by atoms with Crippen LogP contribution in [0.5, 0.6) is 0 Å². The molecule has 0 atom stereocenters. The van der Waals surface area contributed by atoms with Gasteiger partial charge in [-0.2, -0.15) is 0 Å². The first-order valence-electron chi connectivity index (χ1n) is 5.71. The minimum Gasteiger partial charge on any atom is -0.322 e. The van der Waals surface area contributed by atoms with Gasteiger partial charge in [0.15, 0.2) is 0 Å². The van der Waals surface area contributed by atoms with Crippen LogP contribution in [0.1, 0.15) is 35.7 Å². The molecule has 0 radical (unpaired) electrons. The van der Waals surface area contributed by atoms with E-state index in [0.29, 0.717) is 11.5 Å². The van der Waals surface area contributed by atoms with E-state index < -0.39 is 0 Å². The maximum atomic E-state index is 12.0. The van der Waals surface area contributed by atoms with Gasteiger partial charge < -0.3 is 5.32 Å². The van der Waals surface area contributed by atoms with Crippen LogP contribution in [0.15, 0.2) is 39.5 Å². The van der Waals surface area contributed by atoms with Crippen LogP contribution in [-0.4, -0.2) is 5.91 Å². The molecule has 1 N–H and O–H groups in total. The summed E-state index contributed by atoms with van der Waals surface area (Å²) >= 11 is 4.86. The number of hydrogen-bond donors (Lipinski definition) is 1. The number of nitrogens with one attached hydrogen (secondary N) is 1. The highest BCUT2D eigenvalue weighted by Crippen LogP contribution is 2.22. The highest BCUT2D eigenvalue weighted by molar-refractivity contribution is 9.11. The van der Waals surface area contributed by atoms with Crippen molar-refractivity contribution in [3.05, 3.63) is 50.6 Å². The third kappa shape index (κ3) is 3.21. The van der Waals surface area contributed by atoms with Gasteiger partial charge in [0.2, 0.25) is 0 Å². The lowest BCUT2D eigenvalue weighted by molar-refractivity contribution is 0.102. The average Bonchev–Trinajstić information content (AvgIpc) is 2.76. The van der Waals surface area contributed by atoms with Gasteiger partial charge in [-0.15, -0.1) is 11.3 Å². The molecule has 0 saturated heterocycles. The Bertz CT molecular complexity index is 562. The standard InChI is InChI=1S/C14H14BrNOS/c1-9(2)10-4-3-5-12(6-10)16-14(17)11-7-13(15)18-8-11/h3-9H,1-2H3,(H,16,17). The van der Waals surface area contributed by atoms with Gasteiger partial charge in [-0.3, -0.25) is 4.79 Å². The lowest BCUT2D eigenvalue weighted by Gasteiger charge is -2.08. The largest absolute Gasteiger partial charge is 0.322 e. The summed E-state index contributed by atoms with van der Waals surface area (Å²) < 4.78 is 0.962. The van der Waals surface area contributed by atoms with Crippen molar-refractivity contribution in [2.24, 2.45) is 0 Å². The number of carbonyl (C=O) groups is 1. The van der Waals surface area contributed by atoms with Crippen molar-refractivity contribution in [3.8, 4) is 0 Å². The molecule has 0 unspecified atom stereocenters. The van der Waals surface area contributed by atoms with Gasteiger partial charge in [-0.1, -0.05) is 26.0 Å². The molecule has 0 aliphatic rings. The van der Waals surface area contributed by atoms with Gasteiger partial charge >= 0.3 is 0 Å². The zero-order valence-corrected chi connectivity index (χ0v) is 12.6. The minimum atomic E-state index is -0.0714. The Morgan fingerprint density at radius 2 is 2.11 bits per heavy atom. The average molecular weight is 324 g/mol. The first kappa shape index (κ1) is 13.3. The number of hydrogen-bond acceptors (Lipinski definition) is 2. The number of benzene rings is 1. The summed E-state index contributed by atoms with van der Waals surface area (Å²) in [6.45, 7) is 4.27. The van der Waals surface area contributed by atoms with Gasteiger partial charge in [0.1, 0.15) is 0 Å². The summed E-state index contributed by atoms with van der Waals surface area (Å²) in [4.78, 5) is 12.0. The smallest absolute Gasteiger partial charge is 0.256 e. The van der Waals surface area contributed by atoms with Gasteiger partial charge in [-0.05, 0) is 45.6 Å². The van der Waals surface area contributed by atoms with E-state index in [1.165, 1.54) is 16.9 Å². The van der Waals surface area contributed by atoms with Crippen LogP contribution in [0.2, 0.25) is 0 Å². The van der Waals surface area contributed by atoms with Crippen molar-refractivity contribution in [1.82, 2.24) is 0 Å². The molecule has 0 aliphatic heterocycles. The molecule has 2 aromatic rings. The molecule has 18 heavy (non-hydrogen) atoms. The van der Waals surface area contributed by atoms with E-state index in [-0.39, 0.29) is 5.91 Å². The molecule has 0 fully saturated rings. The molecule has 1 heterocycles. The van der Waals surface area contributed by atoms with Gasteiger partial charge in [-0.25, -0.2) is 0 Å². The van der Waals surface area contributed by atoms with Crippen molar-refractivity contribution in [2.45, 2.75) is 19.8 Å². The normalized spacial score (nSPS) is 10.7. The molecule has 4 heteroatoms. The zero-order valence-electron chi connectivity index (χ0n) is 10.2. The minimum absolute atomic E-state index is 0.0714. The fourth-order valence-corrected chi connectivity index (χ4v) is 2.74. The Morgan fingerprint density at radius 1 is 1.33 bits per heavy atom. The molecule has 1 aromatic carbocycles. The van der Waals surface area contributed by atoms with Crippen LogP contribution in [0.25, 0.3) is 0 Å². The Kier molecular flexibility index (Phi) is 4.19. The topological polar surface area (TPSA) is 29.1 Å². The Balaban J connectivity index is 2.14. The van der Waals surface area contributed by atoms with E-state index >= 15 is 0 Å². The molecule has 2 rings (SSSR count). The summed E-state index contributed by atoms with van der Waals surface area (Å²) in [7, 11) is 0. The van der Waals surface area contributed by atoms with Gasteiger partial charge in [0.05, 0.1) is 9.35 Å². The molecule has 1 aromatic heterocycles. The summed E-state index contributed by atoms with van der Waals surface area (Å²) in [5, 5.41) is 4.75. The van der Waals surface area contributed by atoms with Crippen molar-refractivity contribution in [1.29, 1.82) is 0 Å². The maximum absolute atomic E-state index is 12.0. The monoisotopic (exact) mass is 323 g/mol. The predicted octanol–water partition coefficient (Wildman–Crippen LogP) is 4.89. The van der Waals surface area contributed by atoms with Crippen LogP contribution in [0, 0.1) is 0 Å². The molecule has 0 saturated carbocycles. The predicted molar refractivity (Wildman–Crippen MR) is 80.5 cm³/mol. The van der Waals surface area contributed by atoms with Crippen molar-refractivity contribution >= 4 is 38.9 Å². The molecule has 0 spiro atoms. The summed E-state index contributed by atoms with van der Waals surface area (Å²) in [6, 6.07) is 9.79. The van der Waals surface area contributed by atoms with Gasteiger partial charge in [0, 0.05) is 11.1 Å². The first-order valence-corrected chi connectivity index (χ1v) is 7.39. The highest BCUT2D eigenvalue weighted by atomic mass is 79.9. The number of anilines is 1. The van der Waals surface area contributed by atoms with E-state index in [2.05, 4.69) is 41.2 Å². The van der Waals surface area contributed by atoms with E-state index in [9.17, 15) is 4.79 Å². The molecular weight excluding hydrogens is 310 g/mol. The summed E-state index contributed by atoms with van der Waals surface area (Å²) in [5.74, 6) is 0.384. The number of carbonyl (C=O) groups excluding carboxylic acids is 1. The van der Waals surface area contributed by atoms with Crippen LogP contribution in [0.4, 0.5) is 5.69 Å². The molecule has 1 amide bonds. The summed E-state index contributed by atoms with van der Waals surface area (Å²) in [5.41, 5.74) is 2.75. The summed E-state index contributed by atoms with van der Waals surface area (Å²) in [6.07, 6.45) is 0. The number of halogens is 1. The van der Waals surface area contributed by atoms with Crippen LogP contribution < -0.4 is 5.32 Å². The SMILES string of the molecule is CC(C)c1cccc(NC(=O)c2csc(Br)c2)c1. The number of thiophene rings is 1. The fraction of sp³-hybridized carbons (Fsp3) is 0.214. The second kappa shape index (κ2) is 5.67. The molecule has 0 bridgehead atoms. The van der Waals surface area contributed by atoms with E-state index in [4.69, 9.17) is 0 Å². The molecule has 2 nitrogen and oxygen atoms in total. The van der Waals surface area contributed by atoms with E-state index in [0.717, 1.165) is 9.47 Å². The fourth-order valence-electron chi connectivity index (χ4n) is 1.61. The molecule has 94 valence electrons. The third-order valence-electron chi connectivity index (χ3n) is 2.64. The maximum Gasteiger partial charge on any atom is 0.256 e. The lowest BCUT2D eigenvalue weighted by atomic mass is 10.0. The Labute approximate surface area is 119 Å².